The van der Waals surface area contributed by atoms with Crippen molar-refractivity contribution in [1.29, 1.82) is 0 Å². The third-order valence-corrected chi connectivity index (χ3v) is 3.24. The molecule has 1 unspecified atom stereocenters. The van der Waals surface area contributed by atoms with Crippen molar-refractivity contribution in [3.05, 3.63) is 54.1 Å². The topological polar surface area (TPSA) is 53.7 Å². The third kappa shape index (κ3) is 4.39. The van der Waals surface area contributed by atoms with Crippen LogP contribution in [0.25, 0.3) is 0 Å². The molecule has 0 spiro atoms. The zero-order chi connectivity index (χ0) is 15.1. The zero-order valence-electron chi connectivity index (χ0n) is 12.4. The molecule has 0 aliphatic rings. The van der Waals surface area contributed by atoms with Crippen LogP contribution in [0.5, 0.6) is 17.2 Å². The first-order valence-electron chi connectivity index (χ1n) is 6.89. The van der Waals surface area contributed by atoms with E-state index in [1.165, 1.54) is 0 Å². The van der Waals surface area contributed by atoms with Gasteiger partial charge >= 0.3 is 0 Å². The first-order chi connectivity index (χ1) is 10.2. The van der Waals surface area contributed by atoms with Gasteiger partial charge in [-0.2, -0.15) is 0 Å². The van der Waals surface area contributed by atoms with Crippen molar-refractivity contribution in [3.8, 4) is 17.2 Å². The fraction of sp³-hybridized carbons (Fsp3) is 0.294. The Hall–Kier alpha value is -2.20. The van der Waals surface area contributed by atoms with E-state index < -0.39 is 0 Å². The molecule has 1 atom stereocenters. The van der Waals surface area contributed by atoms with Crippen LogP contribution in [0.15, 0.2) is 48.5 Å². The Morgan fingerprint density at radius 3 is 2.10 bits per heavy atom. The summed E-state index contributed by atoms with van der Waals surface area (Å²) < 4.78 is 16.2. The number of rotatable bonds is 7. The molecule has 0 radical (unpaired) electrons. The lowest BCUT2D eigenvalue weighted by atomic mass is 10.0. The van der Waals surface area contributed by atoms with Crippen LogP contribution in [0.3, 0.4) is 0 Å². The molecule has 0 saturated carbocycles. The van der Waals surface area contributed by atoms with E-state index in [1.54, 1.807) is 14.2 Å². The molecule has 0 fully saturated rings. The highest BCUT2D eigenvalue weighted by Gasteiger charge is 2.10. The predicted molar refractivity (Wildman–Crippen MR) is 83.0 cm³/mol. The minimum absolute atomic E-state index is 0.127. The van der Waals surface area contributed by atoms with E-state index in [2.05, 4.69) is 0 Å². The van der Waals surface area contributed by atoms with Crippen LogP contribution < -0.4 is 19.9 Å². The Labute approximate surface area is 125 Å². The second-order valence-electron chi connectivity index (χ2n) is 4.70. The quantitative estimate of drug-likeness (QED) is 0.850. The lowest BCUT2D eigenvalue weighted by molar-refractivity contribution is 0.298. The van der Waals surface area contributed by atoms with Crippen molar-refractivity contribution >= 4 is 0 Å². The summed E-state index contributed by atoms with van der Waals surface area (Å²) in [5.74, 6) is 2.33. The second kappa shape index (κ2) is 7.55. The first-order valence-corrected chi connectivity index (χ1v) is 6.89. The van der Waals surface area contributed by atoms with Crippen molar-refractivity contribution in [3.63, 3.8) is 0 Å². The molecule has 4 nitrogen and oxygen atoms in total. The molecule has 21 heavy (non-hydrogen) atoms. The summed E-state index contributed by atoms with van der Waals surface area (Å²) in [5.41, 5.74) is 7.19. The van der Waals surface area contributed by atoms with Gasteiger partial charge in [0.05, 0.1) is 20.8 Å². The summed E-state index contributed by atoms with van der Waals surface area (Å²) in [6, 6.07) is 15.3. The number of para-hydroxylation sites is 1. The molecule has 0 aliphatic heterocycles. The average molecular weight is 287 g/mol. The van der Waals surface area contributed by atoms with Gasteiger partial charge in [-0.05, 0) is 29.8 Å². The van der Waals surface area contributed by atoms with E-state index in [4.69, 9.17) is 19.9 Å². The largest absolute Gasteiger partial charge is 0.497 e. The molecule has 112 valence electrons. The van der Waals surface area contributed by atoms with Gasteiger partial charge in [0.15, 0.2) is 0 Å². The minimum atomic E-state index is -0.127. The van der Waals surface area contributed by atoms with Crippen LogP contribution in [0.2, 0.25) is 0 Å². The van der Waals surface area contributed by atoms with E-state index in [0.717, 1.165) is 22.8 Å². The van der Waals surface area contributed by atoms with Crippen LogP contribution in [-0.4, -0.2) is 20.8 Å². The minimum Gasteiger partial charge on any atom is -0.497 e. The van der Waals surface area contributed by atoms with Crippen LogP contribution in [0, 0.1) is 0 Å². The molecule has 4 heteroatoms. The molecule has 0 aliphatic carbocycles. The molecule has 2 aromatic rings. The number of methoxy groups -OCH3 is 2. The molecule has 2 aromatic carbocycles. The van der Waals surface area contributed by atoms with Crippen LogP contribution >= 0.6 is 0 Å². The van der Waals surface area contributed by atoms with Crippen LogP contribution in [-0.2, 0) is 0 Å². The van der Waals surface area contributed by atoms with Gasteiger partial charge in [-0.1, -0.05) is 18.2 Å². The fourth-order valence-corrected chi connectivity index (χ4v) is 2.03. The molecule has 0 bridgehead atoms. The van der Waals surface area contributed by atoms with E-state index in [-0.39, 0.29) is 6.04 Å². The van der Waals surface area contributed by atoms with Gasteiger partial charge in [0.1, 0.15) is 17.2 Å². The van der Waals surface area contributed by atoms with Gasteiger partial charge < -0.3 is 19.9 Å². The van der Waals surface area contributed by atoms with Gasteiger partial charge in [-0.15, -0.1) is 0 Å². The van der Waals surface area contributed by atoms with Gasteiger partial charge in [0, 0.05) is 18.5 Å². The lowest BCUT2D eigenvalue weighted by Gasteiger charge is -2.15. The smallest absolute Gasteiger partial charge is 0.122 e. The number of ether oxygens (including phenoxy) is 3. The third-order valence-electron chi connectivity index (χ3n) is 3.24. The normalized spacial score (nSPS) is 11.8. The van der Waals surface area contributed by atoms with Crippen LogP contribution in [0.1, 0.15) is 18.0 Å². The summed E-state index contributed by atoms with van der Waals surface area (Å²) in [5, 5.41) is 0. The molecule has 2 rings (SSSR count). The molecule has 0 aromatic heterocycles. The van der Waals surface area contributed by atoms with Gasteiger partial charge in [0.25, 0.3) is 0 Å². The van der Waals surface area contributed by atoms with Crippen LogP contribution in [0.4, 0.5) is 0 Å². The summed E-state index contributed by atoms with van der Waals surface area (Å²) in [7, 11) is 3.26. The number of hydrogen-bond donors (Lipinski definition) is 1. The maximum Gasteiger partial charge on any atom is 0.122 e. The van der Waals surface area contributed by atoms with Gasteiger partial charge in [-0.25, -0.2) is 0 Å². The van der Waals surface area contributed by atoms with Crippen molar-refractivity contribution in [2.45, 2.75) is 12.5 Å². The Morgan fingerprint density at radius 2 is 1.52 bits per heavy atom. The van der Waals surface area contributed by atoms with Crippen molar-refractivity contribution in [2.75, 3.05) is 20.8 Å². The molecular weight excluding hydrogens is 266 g/mol. The van der Waals surface area contributed by atoms with E-state index in [1.807, 2.05) is 48.5 Å². The Morgan fingerprint density at radius 1 is 0.905 bits per heavy atom. The standard InChI is InChI=1S/C17H21NO3/c1-19-15-10-13(11-16(12-15)20-2)17(18)8-9-21-14-6-4-3-5-7-14/h3-7,10-12,17H,8-9,18H2,1-2H3. The number of hydrogen-bond acceptors (Lipinski definition) is 4. The number of nitrogens with two attached hydrogens (primary N) is 1. The highest BCUT2D eigenvalue weighted by molar-refractivity contribution is 5.39. The Bertz CT molecular complexity index is 535. The van der Waals surface area contributed by atoms with Crippen molar-refractivity contribution in [1.82, 2.24) is 0 Å². The predicted octanol–water partition coefficient (Wildman–Crippen LogP) is 3.17. The Kier molecular flexibility index (Phi) is 5.46. The zero-order valence-corrected chi connectivity index (χ0v) is 12.4. The van der Waals surface area contributed by atoms with Crippen molar-refractivity contribution < 1.29 is 14.2 Å². The van der Waals surface area contributed by atoms with E-state index in [0.29, 0.717) is 13.0 Å². The monoisotopic (exact) mass is 287 g/mol. The summed E-state index contributed by atoms with van der Waals surface area (Å²) in [6.45, 7) is 0.560. The van der Waals surface area contributed by atoms with Crippen molar-refractivity contribution in [2.24, 2.45) is 5.73 Å². The summed E-state index contributed by atoms with van der Waals surface area (Å²) >= 11 is 0. The first kappa shape index (κ1) is 15.2. The molecule has 2 N–H and O–H groups in total. The average Bonchev–Trinajstić information content (AvgIpc) is 2.55. The summed E-state index contributed by atoms with van der Waals surface area (Å²) in [6.07, 6.45) is 0.714. The molecule has 0 heterocycles. The van der Waals surface area contributed by atoms with E-state index in [9.17, 15) is 0 Å². The number of benzene rings is 2. The molecule has 0 saturated heterocycles. The molecule has 0 amide bonds. The molecular formula is C17H21NO3. The maximum atomic E-state index is 6.22. The van der Waals surface area contributed by atoms with E-state index >= 15 is 0 Å². The Balaban J connectivity index is 1.95. The highest BCUT2D eigenvalue weighted by atomic mass is 16.5. The van der Waals surface area contributed by atoms with Gasteiger partial charge in [-0.3, -0.25) is 0 Å². The second-order valence-corrected chi connectivity index (χ2v) is 4.70. The highest BCUT2D eigenvalue weighted by Crippen LogP contribution is 2.26. The lowest BCUT2D eigenvalue weighted by Crippen LogP contribution is -2.14. The maximum absolute atomic E-state index is 6.22. The fourth-order valence-electron chi connectivity index (χ4n) is 2.03. The SMILES string of the molecule is COc1cc(OC)cc(C(N)CCOc2ccccc2)c1. The summed E-state index contributed by atoms with van der Waals surface area (Å²) in [4.78, 5) is 0. The van der Waals surface area contributed by atoms with Gasteiger partial charge in [0.2, 0.25) is 0 Å².